The van der Waals surface area contributed by atoms with Crippen molar-refractivity contribution in [2.24, 2.45) is 11.5 Å². The summed E-state index contributed by atoms with van der Waals surface area (Å²) in [5.41, 5.74) is 13.1. The number of benzene rings is 1. The van der Waals surface area contributed by atoms with E-state index in [1.54, 1.807) is 0 Å². The van der Waals surface area contributed by atoms with Gasteiger partial charge in [-0.2, -0.15) is 0 Å². The zero-order valence-corrected chi connectivity index (χ0v) is 21.7. The molecule has 3 aliphatic heterocycles. The van der Waals surface area contributed by atoms with Gasteiger partial charge in [0, 0.05) is 32.9 Å². The van der Waals surface area contributed by atoms with Gasteiger partial charge in [-0.1, -0.05) is 50.5 Å². The molecule has 0 bridgehead atoms. The highest BCUT2D eigenvalue weighted by molar-refractivity contribution is 5.22. The molecule has 4 N–H and O–H groups in total. The Balaban J connectivity index is 0.000000197. The summed E-state index contributed by atoms with van der Waals surface area (Å²) in [6, 6.07) is 8.00. The summed E-state index contributed by atoms with van der Waals surface area (Å²) in [7, 11) is 0. The van der Waals surface area contributed by atoms with Crippen LogP contribution in [0.5, 0.6) is 0 Å². The highest BCUT2D eigenvalue weighted by Crippen LogP contribution is 2.11. The van der Waals surface area contributed by atoms with Crippen LogP contribution in [0.25, 0.3) is 0 Å². The van der Waals surface area contributed by atoms with Gasteiger partial charge in [0.15, 0.2) is 0 Å². The lowest BCUT2D eigenvalue weighted by Gasteiger charge is -2.03. The second kappa shape index (κ2) is 20.0. The van der Waals surface area contributed by atoms with Gasteiger partial charge in [-0.3, -0.25) is 0 Å². The van der Waals surface area contributed by atoms with Crippen LogP contribution in [0.3, 0.4) is 0 Å². The van der Waals surface area contributed by atoms with Crippen LogP contribution in [0.15, 0.2) is 24.3 Å². The Kier molecular flexibility index (Phi) is 17.2. The predicted molar refractivity (Wildman–Crippen MR) is 137 cm³/mol. The number of unbranched alkanes of at least 4 members (excludes halogenated alkanes) is 4. The largest absolute Gasteiger partial charge is 0.379 e. The van der Waals surface area contributed by atoms with Crippen LogP contribution < -0.4 is 11.5 Å². The predicted octanol–water partition coefficient (Wildman–Crippen LogP) is 3.18. The Bertz CT molecular complexity index is 584. The molecule has 1 aromatic rings. The molecule has 3 heterocycles. The number of hydrogen-bond acceptors (Lipinski definition) is 8. The summed E-state index contributed by atoms with van der Waals surface area (Å²) >= 11 is 0. The summed E-state index contributed by atoms with van der Waals surface area (Å²) in [5, 5.41) is 0. The molecule has 0 saturated carbocycles. The van der Waals surface area contributed by atoms with Crippen molar-refractivity contribution < 1.29 is 28.4 Å². The number of epoxide rings is 3. The average Bonchev–Trinajstić information content (AvgIpc) is 3.73. The van der Waals surface area contributed by atoms with Gasteiger partial charge in [-0.15, -0.1) is 0 Å². The lowest BCUT2D eigenvalue weighted by molar-refractivity contribution is 0.105. The van der Waals surface area contributed by atoms with Crippen LogP contribution in [0.2, 0.25) is 0 Å². The Morgan fingerprint density at radius 1 is 0.686 bits per heavy atom. The molecule has 8 heteroatoms. The summed E-state index contributed by atoms with van der Waals surface area (Å²) < 4.78 is 31.2. The van der Waals surface area contributed by atoms with E-state index in [2.05, 4.69) is 6.92 Å². The average molecular weight is 497 g/mol. The molecule has 0 spiro atoms. The van der Waals surface area contributed by atoms with E-state index < -0.39 is 0 Å². The fourth-order valence-electron chi connectivity index (χ4n) is 3.03. The first-order valence-electron chi connectivity index (χ1n) is 13.3. The van der Waals surface area contributed by atoms with E-state index in [4.69, 9.17) is 39.9 Å². The molecular weight excluding hydrogens is 448 g/mol. The summed E-state index contributed by atoms with van der Waals surface area (Å²) in [6.07, 6.45) is 8.39. The van der Waals surface area contributed by atoms with Crippen molar-refractivity contribution in [3.05, 3.63) is 35.4 Å². The smallest absolute Gasteiger partial charge is 0.104 e. The standard InChI is InChI=1S/C12H22O4.C8H12N2.C7H14O2/c1(3-5-13-7-11-9-15-11)2-4-6-14-8-12-10-16-12;9-5-7-2-1-3-8(4-7)6-10;1-2-3-4-8-5-7-6-9-7/h11-12H,1-10H2;1-4H,5-6,9-10H2;7H,2-6H2,1H3. The van der Waals surface area contributed by atoms with Crippen LogP contribution in [0.4, 0.5) is 0 Å². The normalized spacial score (nSPS) is 21.4. The van der Waals surface area contributed by atoms with Crippen molar-refractivity contribution in [1.29, 1.82) is 0 Å². The van der Waals surface area contributed by atoms with Crippen LogP contribution in [0, 0.1) is 0 Å². The Morgan fingerprint density at radius 2 is 1.09 bits per heavy atom. The molecule has 8 nitrogen and oxygen atoms in total. The zero-order chi connectivity index (χ0) is 25.0. The number of nitrogens with two attached hydrogens (primary N) is 2. The summed E-state index contributed by atoms with van der Waals surface area (Å²) in [5.74, 6) is 0. The van der Waals surface area contributed by atoms with Crippen molar-refractivity contribution in [1.82, 2.24) is 0 Å². The van der Waals surface area contributed by atoms with Gasteiger partial charge in [-0.25, -0.2) is 0 Å². The Morgan fingerprint density at radius 3 is 1.43 bits per heavy atom. The van der Waals surface area contributed by atoms with Crippen LogP contribution in [-0.4, -0.2) is 77.8 Å². The SMILES string of the molecule is C(CCCOCC1CO1)CCOCC1CO1.CCCCOCC1CO1.NCc1cccc(CN)c1. The number of ether oxygens (including phenoxy) is 6. The lowest BCUT2D eigenvalue weighted by atomic mass is 10.1. The molecular formula is C27H48N2O6. The molecule has 0 aromatic heterocycles. The molecule has 3 aliphatic rings. The minimum Gasteiger partial charge on any atom is -0.379 e. The van der Waals surface area contributed by atoms with E-state index in [9.17, 15) is 0 Å². The van der Waals surface area contributed by atoms with Gasteiger partial charge in [0.25, 0.3) is 0 Å². The van der Waals surface area contributed by atoms with E-state index in [1.165, 1.54) is 25.7 Å². The quantitative estimate of drug-likeness (QED) is 0.235. The van der Waals surface area contributed by atoms with Crippen molar-refractivity contribution >= 4 is 0 Å². The van der Waals surface area contributed by atoms with Gasteiger partial charge in [0.2, 0.25) is 0 Å². The number of hydrogen-bond donors (Lipinski definition) is 2. The van der Waals surface area contributed by atoms with Crippen LogP contribution in [-0.2, 0) is 41.5 Å². The second-order valence-corrected chi connectivity index (χ2v) is 9.09. The fraction of sp³-hybridized carbons (Fsp3) is 0.778. The molecule has 3 saturated heterocycles. The molecule has 0 amide bonds. The van der Waals surface area contributed by atoms with E-state index in [0.29, 0.717) is 31.4 Å². The highest BCUT2D eigenvalue weighted by Gasteiger charge is 2.23. The third kappa shape index (κ3) is 18.8. The summed E-state index contributed by atoms with van der Waals surface area (Å²) in [6.45, 7) is 11.0. The van der Waals surface area contributed by atoms with Gasteiger partial charge in [0.05, 0.1) is 39.6 Å². The highest BCUT2D eigenvalue weighted by atomic mass is 16.6. The third-order valence-electron chi connectivity index (χ3n) is 5.55. The van der Waals surface area contributed by atoms with E-state index in [0.717, 1.165) is 83.4 Å². The molecule has 0 radical (unpaired) electrons. The molecule has 1 aromatic carbocycles. The molecule has 3 fully saturated rings. The maximum Gasteiger partial charge on any atom is 0.104 e. The minimum atomic E-state index is 0.401. The molecule has 4 rings (SSSR count). The zero-order valence-electron chi connectivity index (χ0n) is 21.7. The second-order valence-electron chi connectivity index (χ2n) is 9.09. The number of rotatable bonds is 18. The van der Waals surface area contributed by atoms with E-state index in [-0.39, 0.29) is 0 Å². The van der Waals surface area contributed by atoms with Crippen molar-refractivity contribution in [3.63, 3.8) is 0 Å². The minimum absolute atomic E-state index is 0.401. The van der Waals surface area contributed by atoms with Gasteiger partial charge < -0.3 is 39.9 Å². The van der Waals surface area contributed by atoms with Crippen LogP contribution >= 0.6 is 0 Å². The molecule has 202 valence electrons. The molecule has 0 aliphatic carbocycles. The van der Waals surface area contributed by atoms with Crippen molar-refractivity contribution in [2.45, 2.75) is 76.9 Å². The first-order valence-corrected chi connectivity index (χ1v) is 13.3. The van der Waals surface area contributed by atoms with Gasteiger partial charge in [0.1, 0.15) is 18.3 Å². The van der Waals surface area contributed by atoms with Crippen LogP contribution in [0.1, 0.15) is 56.6 Å². The van der Waals surface area contributed by atoms with E-state index in [1.807, 2.05) is 24.3 Å². The van der Waals surface area contributed by atoms with Crippen molar-refractivity contribution in [3.8, 4) is 0 Å². The first-order chi connectivity index (χ1) is 17.2. The first kappa shape index (κ1) is 30.1. The fourth-order valence-corrected chi connectivity index (χ4v) is 3.03. The van der Waals surface area contributed by atoms with Gasteiger partial charge >= 0.3 is 0 Å². The Hall–Kier alpha value is -1.10. The maximum atomic E-state index is 5.45. The molecule has 35 heavy (non-hydrogen) atoms. The lowest BCUT2D eigenvalue weighted by Crippen LogP contribution is -2.04. The maximum absolute atomic E-state index is 5.45. The van der Waals surface area contributed by atoms with Crippen molar-refractivity contribution in [2.75, 3.05) is 59.5 Å². The van der Waals surface area contributed by atoms with Gasteiger partial charge in [-0.05, 0) is 30.4 Å². The Labute approximate surface area is 211 Å². The summed E-state index contributed by atoms with van der Waals surface area (Å²) in [4.78, 5) is 0. The van der Waals surface area contributed by atoms with E-state index >= 15 is 0 Å². The molecule has 3 atom stereocenters. The molecule has 3 unspecified atom stereocenters. The third-order valence-corrected chi connectivity index (χ3v) is 5.55. The monoisotopic (exact) mass is 496 g/mol. The topological polar surface area (TPSA) is 117 Å².